The van der Waals surface area contributed by atoms with E-state index in [0.717, 1.165) is 17.5 Å². The Morgan fingerprint density at radius 1 is 1.08 bits per heavy atom. The van der Waals surface area contributed by atoms with Crippen LogP contribution >= 0.6 is 11.6 Å². The van der Waals surface area contributed by atoms with Crippen molar-refractivity contribution in [1.82, 2.24) is 5.32 Å². The lowest BCUT2D eigenvalue weighted by Gasteiger charge is -2.12. The van der Waals surface area contributed by atoms with E-state index in [0.29, 0.717) is 42.8 Å². The van der Waals surface area contributed by atoms with Crippen molar-refractivity contribution in [3.8, 4) is 11.5 Å². The second-order valence-corrected chi connectivity index (χ2v) is 5.97. The molecule has 1 aliphatic rings. The number of carboxylic acid groups (broad SMARTS) is 1. The molecule has 0 atom stereocenters. The highest BCUT2D eigenvalue weighted by Gasteiger charge is 2.15. The van der Waals surface area contributed by atoms with Gasteiger partial charge in [0.1, 0.15) is 0 Å². The summed E-state index contributed by atoms with van der Waals surface area (Å²) < 4.78 is 11.3. The molecular formula is C18H18ClNO4. The molecule has 2 N–H and O–H groups in total. The monoisotopic (exact) mass is 347 g/mol. The van der Waals surface area contributed by atoms with Crippen LogP contribution in [0, 0.1) is 0 Å². The van der Waals surface area contributed by atoms with E-state index in [-0.39, 0.29) is 5.56 Å². The normalized spacial score (nSPS) is 13.4. The SMILES string of the molecule is O=C(O)c1ccc(CNCc2cc(Cl)c3c(c2)OCCCO3)cc1. The molecule has 0 bridgehead atoms. The van der Waals surface area contributed by atoms with E-state index in [2.05, 4.69) is 5.32 Å². The van der Waals surface area contributed by atoms with Crippen LogP contribution in [0.5, 0.6) is 11.5 Å². The summed E-state index contributed by atoms with van der Waals surface area (Å²) >= 11 is 6.27. The molecule has 1 heterocycles. The van der Waals surface area contributed by atoms with Crippen LogP contribution < -0.4 is 14.8 Å². The van der Waals surface area contributed by atoms with Crippen LogP contribution in [0.25, 0.3) is 0 Å². The summed E-state index contributed by atoms with van der Waals surface area (Å²) in [4.78, 5) is 10.8. The summed E-state index contributed by atoms with van der Waals surface area (Å²) in [6.45, 7) is 2.48. The van der Waals surface area contributed by atoms with E-state index in [1.54, 1.807) is 24.3 Å². The summed E-state index contributed by atoms with van der Waals surface area (Å²) in [5.41, 5.74) is 2.31. The van der Waals surface area contributed by atoms with E-state index < -0.39 is 5.97 Å². The molecule has 3 rings (SSSR count). The average Bonchev–Trinajstić information content (AvgIpc) is 2.81. The second-order valence-electron chi connectivity index (χ2n) is 5.56. The number of fused-ring (bicyclic) bond motifs is 1. The molecule has 6 heteroatoms. The number of hydrogen-bond acceptors (Lipinski definition) is 4. The van der Waals surface area contributed by atoms with E-state index in [1.807, 2.05) is 12.1 Å². The van der Waals surface area contributed by atoms with Gasteiger partial charge in [-0.15, -0.1) is 0 Å². The maximum Gasteiger partial charge on any atom is 0.335 e. The Hall–Kier alpha value is -2.24. The Balaban J connectivity index is 1.61. The lowest BCUT2D eigenvalue weighted by Crippen LogP contribution is -2.13. The highest BCUT2D eigenvalue weighted by Crippen LogP contribution is 2.37. The van der Waals surface area contributed by atoms with Gasteiger partial charge in [0.2, 0.25) is 0 Å². The number of benzene rings is 2. The van der Waals surface area contributed by atoms with Gasteiger partial charge >= 0.3 is 5.97 Å². The number of nitrogens with one attached hydrogen (secondary N) is 1. The Bertz CT molecular complexity index is 731. The van der Waals surface area contributed by atoms with Gasteiger partial charge in [-0.25, -0.2) is 4.79 Å². The van der Waals surface area contributed by atoms with Crippen LogP contribution in [-0.4, -0.2) is 24.3 Å². The van der Waals surface area contributed by atoms with Gasteiger partial charge in [0.15, 0.2) is 11.5 Å². The minimum absolute atomic E-state index is 0.286. The highest BCUT2D eigenvalue weighted by atomic mass is 35.5. The third kappa shape index (κ3) is 3.99. The second kappa shape index (κ2) is 7.55. The lowest BCUT2D eigenvalue weighted by molar-refractivity contribution is 0.0697. The maximum absolute atomic E-state index is 10.8. The maximum atomic E-state index is 10.8. The molecule has 0 saturated carbocycles. The molecule has 0 amide bonds. The molecule has 0 unspecified atom stereocenters. The minimum Gasteiger partial charge on any atom is -0.489 e. The molecule has 0 aromatic heterocycles. The largest absolute Gasteiger partial charge is 0.489 e. The quantitative estimate of drug-likeness (QED) is 0.866. The van der Waals surface area contributed by atoms with Gasteiger partial charge in [-0.1, -0.05) is 23.7 Å². The van der Waals surface area contributed by atoms with Gasteiger partial charge < -0.3 is 19.9 Å². The molecule has 1 aliphatic heterocycles. The Labute approximate surface area is 145 Å². The number of hydrogen-bond donors (Lipinski definition) is 2. The smallest absolute Gasteiger partial charge is 0.335 e. The third-order valence-corrected chi connectivity index (χ3v) is 4.00. The first-order chi connectivity index (χ1) is 11.6. The Kier molecular flexibility index (Phi) is 5.23. The fourth-order valence-corrected chi connectivity index (χ4v) is 2.79. The first-order valence-electron chi connectivity index (χ1n) is 7.74. The molecule has 0 spiro atoms. The van der Waals surface area contributed by atoms with Crippen molar-refractivity contribution in [3.63, 3.8) is 0 Å². The molecule has 0 aliphatic carbocycles. The summed E-state index contributed by atoms with van der Waals surface area (Å²) in [7, 11) is 0. The predicted molar refractivity (Wildman–Crippen MR) is 91.0 cm³/mol. The Morgan fingerprint density at radius 2 is 1.79 bits per heavy atom. The zero-order chi connectivity index (χ0) is 16.9. The topological polar surface area (TPSA) is 67.8 Å². The zero-order valence-electron chi connectivity index (χ0n) is 13.0. The Morgan fingerprint density at radius 3 is 2.54 bits per heavy atom. The molecule has 0 saturated heterocycles. The molecule has 2 aromatic rings. The van der Waals surface area contributed by atoms with Gasteiger partial charge in [0.05, 0.1) is 23.8 Å². The zero-order valence-corrected chi connectivity index (χ0v) is 13.8. The molecule has 5 nitrogen and oxygen atoms in total. The number of carboxylic acids is 1. The van der Waals surface area contributed by atoms with Gasteiger partial charge in [-0.3, -0.25) is 0 Å². The fourth-order valence-electron chi connectivity index (χ4n) is 2.50. The number of aromatic carboxylic acids is 1. The summed E-state index contributed by atoms with van der Waals surface area (Å²) in [5.74, 6) is 0.376. The van der Waals surface area contributed by atoms with Crippen LogP contribution in [0.15, 0.2) is 36.4 Å². The van der Waals surface area contributed by atoms with E-state index in [4.69, 9.17) is 26.2 Å². The number of halogens is 1. The molecule has 2 aromatic carbocycles. The van der Waals surface area contributed by atoms with Crippen molar-refractivity contribution in [2.75, 3.05) is 13.2 Å². The highest BCUT2D eigenvalue weighted by molar-refractivity contribution is 6.32. The van der Waals surface area contributed by atoms with Gasteiger partial charge in [0, 0.05) is 19.5 Å². The van der Waals surface area contributed by atoms with Gasteiger partial charge in [-0.05, 0) is 35.4 Å². The van der Waals surface area contributed by atoms with Gasteiger partial charge in [-0.2, -0.15) is 0 Å². The van der Waals surface area contributed by atoms with Crippen LogP contribution in [0.3, 0.4) is 0 Å². The third-order valence-electron chi connectivity index (χ3n) is 3.72. The van der Waals surface area contributed by atoms with Crippen molar-refractivity contribution in [3.05, 3.63) is 58.1 Å². The first kappa shape index (κ1) is 16.6. The van der Waals surface area contributed by atoms with Crippen molar-refractivity contribution >= 4 is 17.6 Å². The van der Waals surface area contributed by atoms with Gasteiger partial charge in [0.25, 0.3) is 0 Å². The molecule has 126 valence electrons. The first-order valence-corrected chi connectivity index (χ1v) is 8.12. The van der Waals surface area contributed by atoms with Crippen LogP contribution in [0.2, 0.25) is 5.02 Å². The average molecular weight is 348 g/mol. The summed E-state index contributed by atoms with van der Waals surface area (Å²) in [6.07, 6.45) is 0.838. The van der Waals surface area contributed by atoms with Crippen LogP contribution in [0.4, 0.5) is 0 Å². The van der Waals surface area contributed by atoms with Crippen molar-refractivity contribution < 1.29 is 19.4 Å². The summed E-state index contributed by atoms with van der Waals surface area (Å²) in [5, 5.41) is 12.8. The predicted octanol–water partition coefficient (Wildman–Crippen LogP) is 3.49. The number of carbonyl (C=O) groups is 1. The molecular weight excluding hydrogens is 330 g/mol. The van der Waals surface area contributed by atoms with E-state index >= 15 is 0 Å². The fraction of sp³-hybridized carbons (Fsp3) is 0.278. The van der Waals surface area contributed by atoms with E-state index in [1.165, 1.54) is 0 Å². The lowest BCUT2D eigenvalue weighted by atomic mass is 10.1. The molecule has 0 radical (unpaired) electrons. The van der Waals surface area contributed by atoms with Crippen LogP contribution in [0.1, 0.15) is 27.9 Å². The van der Waals surface area contributed by atoms with Crippen LogP contribution in [-0.2, 0) is 13.1 Å². The van der Waals surface area contributed by atoms with Crippen molar-refractivity contribution in [1.29, 1.82) is 0 Å². The van der Waals surface area contributed by atoms with E-state index in [9.17, 15) is 4.79 Å². The number of rotatable bonds is 5. The molecule has 0 fully saturated rings. The number of ether oxygens (including phenoxy) is 2. The van der Waals surface area contributed by atoms with Crippen molar-refractivity contribution in [2.45, 2.75) is 19.5 Å². The minimum atomic E-state index is -0.920. The van der Waals surface area contributed by atoms with Crippen molar-refractivity contribution in [2.24, 2.45) is 0 Å². The standard InChI is InChI=1S/C18H18ClNO4/c19-15-8-13(9-16-17(15)24-7-1-6-23-16)11-20-10-12-2-4-14(5-3-12)18(21)22/h2-5,8-9,20H,1,6-7,10-11H2,(H,21,22). The molecule has 24 heavy (non-hydrogen) atoms. The summed E-state index contributed by atoms with van der Waals surface area (Å²) in [6, 6.07) is 10.6.